The summed E-state index contributed by atoms with van der Waals surface area (Å²) < 4.78 is 10.7. The first-order valence-corrected chi connectivity index (χ1v) is 9.03. The third-order valence-corrected chi connectivity index (χ3v) is 4.78. The molecule has 2 rings (SSSR count). The van der Waals surface area contributed by atoms with Crippen LogP contribution in [0.1, 0.15) is 32.3 Å². The normalized spacial score (nSPS) is 16.2. The molecule has 0 unspecified atom stereocenters. The molecule has 0 radical (unpaired) electrons. The molecule has 1 aliphatic heterocycles. The molecule has 0 bridgehead atoms. The topological polar surface area (TPSA) is 76.8 Å². The number of primary amides is 1. The average molecular weight is 370 g/mol. The second kappa shape index (κ2) is 9.27. The number of piperidine rings is 1. The predicted octanol–water partition coefficient (Wildman–Crippen LogP) is 2.18. The molecule has 7 heteroatoms. The molecule has 25 heavy (non-hydrogen) atoms. The van der Waals surface area contributed by atoms with E-state index < -0.39 is 5.91 Å². The van der Waals surface area contributed by atoms with Gasteiger partial charge in [-0.15, -0.1) is 0 Å². The zero-order valence-corrected chi connectivity index (χ0v) is 15.9. The van der Waals surface area contributed by atoms with Gasteiger partial charge in [-0.05, 0) is 57.5 Å². The van der Waals surface area contributed by atoms with E-state index in [1.165, 1.54) is 0 Å². The number of hydrogen-bond donors (Lipinski definition) is 2. The van der Waals surface area contributed by atoms with Gasteiger partial charge in [0.15, 0.2) is 18.1 Å². The fourth-order valence-corrected chi connectivity index (χ4v) is 3.33. The van der Waals surface area contributed by atoms with Crippen molar-refractivity contribution in [2.24, 2.45) is 5.73 Å². The number of amides is 1. The van der Waals surface area contributed by atoms with E-state index in [2.05, 4.69) is 24.1 Å². The third-order valence-electron chi connectivity index (χ3n) is 4.50. The Bertz CT molecular complexity index is 587. The number of halogens is 1. The Balaban J connectivity index is 1.94. The highest BCUT2D eigenvalue weighted by Crippen LogP contribution is 2.36. The van der Waals surface area contributed by atoms with Gasteiger partial charge in [0.2, 0.25) is 0 Å². The van der Waals surface area contributed by atoms with E-state index in [0.29, 0.717) is 35.2 Å². The highest BCUT2D eigenvalue weighted by atomic mass is 35.5. The number of likely N-dealkylation sites (tertiary alicyclic amines) is 1. The Kier molecular flexibility index (Phi) is 7.35. The molecule has 1 fully saturated rings. The van der Waals surface area contributed by atoms with Crippen molar-refractivity contribution in [2.45, 2.75) is 45.3 Å². The molecule has 0 aromatic heterocycles. The summed E-state index contributed by atoms with van der Waals surface area (Å²) in [4.78, 5) is 13.4. The fourth-order valence-electron chi connectivity index (χ4n) is 3.04. The van der Waals surface area contributed by atoms with Crippen molar-refractivity contribution in [2.75, 3.05) is 26.8 Å². The maximum Gasteiger partial charge on any atom is 0.255 e. The van der Waals surface area contributed by atoms with E-state index in [1.807, 2.05) is 12.1 Å². The van der Waals surface area contributed by atoms with Crippen LogP contribution in [0.3, 0.4) is 0 Å². The van der Waals surface area contributed by atoms with E-state index in [1.54, 1.807) is 7.11 Å². The van der Waals surface area contributed by atoms with Gasteiger partial charge in [0.1, 0.15) is 0 Å². The first kappa shape index (κ1) is 19.8. The minimum Gasteiger partial charge on any atom is -0.493 e. The van der Waals surface area contributed by atoms with E-state index in [0.717, 1.165) is 31.5 Å². The first-order chi connectivity index (χ1) is 11.9. The molecule has 0 saturated carbocycles. The molecule has 1 heterocycles. The van der Waals surface area contributed by atoms with Crippen molar-refractivity contribution >= 4 is 17.5 Å². The quantitative estimate of drug-likeness (QED) is 0.734. The Morgan fingerprint density at radius 1 is 1.40 bits per heavy atom. The van der Waals surface area contributed by atoms with Crippen molar-refractivity contribution in [1.29, 1.82) is 0 Å². The third kappa shape index (κ3) is 5.76. The minimum absolute atomic E-state index is 0.234. The summed E-state index contributed by atoms with van der Waals surface area (Å²) in [5, 5.41) is 4.00. The largest absolute Gasteiger partial charge is 0.493 e. The molecule has 3 N–H and O–H groups in total. The summed E-state index contributed by atoms with van der Waals surface area (Å²) in [6.45, 7) is 7.20. The van der Waals surface area contributed by atoms with Crippen LogP contribution in [0.25, 0.3) is 0 Å². The number of ether oxygens (including phenoxy) is 2. The van der Waals surface area contributed by atoms with Crippen molar-refractivity contribution in [3.63, 3.8) is 0 Å². The number of benzene rings is 1. The fraction of sp³-hybridized carbons (Fsp3) is 0.611. The maximum atomic E-state index is 10.9. The lowest BCUT2D eigenvalue weighted by Crippen LogP contribution is -2.44. The predicted molar refractivity (Wildman–Crippen MR) is 99.3 cm³/mol. The van der Waals surface area contributed by atoms with Gasteiger partial charge in [-0.1, -0.05) is 11.6 Å². The van der Waals surface area contributed by atoms with Gasteiger partial charge in [0, 0.05) is 18.6 Å². The summed E-state index contributed by atoms with van der Waals surface area (Å²) in [5.41, 5.74) is 6.12. The van der Waals surface area contributed by atoms with Crippen LogP contribution >= 0.6 is 11.6 Å². The van der Waals surface area contributed by atoms with Gasteiger partial charge in [-0.2, -0.15) is 0 Å². The summed E-state index contributed by atoms with van der Waals surface area (Å²) in [6, 6.07) is 4.82. The summed E-state index contributed by atoms with van der Waals surface area (Å²) >= 11 is 6.28. The number of rotatable bonds is 8. The number of carbonyl (C=O) groups is 1. The lowest BCUT2D eigenvalue weighted by molar-refractivity contribution is -0.119. The molecule has 0 aliphatic carbocycles. The van der Waals surface area contributed by atoms with Crippen molar-refractivity contribution in [3.8, 4) is 11.5 Å². The lowest BCUT2D eigenvalue weighted by atomic mass is 10.0. The van der Waals surface area contributed by atoms with Crippen LogP contribution in [0, 0.1) is 0 Å². The molecular weight excluding hydrogens is 342 g/mol. The lowest BCUT2D eigenvalue weighted by Gasteiger charge is -2.35. The van der Waals surface area contributed by atoms with Crippen molar-refractivity contribution in [3.05, 3.63) is 22.7 Å². The van der Waals surface area contributed by atoms with Gasteiger partial charge in [0.05, 0.1) is 12.1 Å². The number of nitrogens with zero attached hydrogens (tertiary/aromatic N) is 1. The van der Waals surface area contributed by atoms with Crippen LogP contribution in [0.2, 0.25) is 5.02 Å². The van der Waals surface area contributed by atoms with E-state index >= 15 is 0 Å². The molecule has 6 nitrogen and oxygen atoms in total. The molecule has 0 atom stereocenters. The Morgan fingerprint density at radius 3 is 2.64 bits per heavy atom. The highest BCUT2D eigenvalue weighted by molar-refractivity contribution is 6.32. The van der Waals surface area contributed by atoms with Crippen molar-refractivity contribution < 1.29 is 14.3 Å². The molecule has 1 aromatic carbocycles. The van der Waals surface area contributed by atoms with Crippen LogP contribution in [0.15, 0.2) is 12.1 Å². The number of carbonyl (C=O) groups excluding carboxylic acids is 1. The zero-order valence-electron chi connectivity index (χ0n) is 15.2. The van der Waals surface area contributed by atoms with Crippen LogP contribution in [0.4, 0.5) is 0 Å². The SMILES string of the molecule is COc1cc(CNC2CCN(C(C)C)CC2)cc(Cl)c1OCC(N)=O. The highest BCUT2D eigenvalue weighted by Gasteiger charge is 2.20. The number of hydrogen-bond acceptors (Lipinski definition) is 5. The Morgan fingerprint density at radius 2 is 2.08 bits per heavy atom. The minimum atomic E-state index is -0.559. The van der Waals surface area contributed by atoms with Gasteiger partial charge >= 0.3 is 0 Å². The zero-order chi connectivity index (χ0) is 18.4. The molecular formula is C18H28ClN3O3. The van der Waals surface area contributed by atoms with E-state index in [4.69, 9.17) is 26.8 Å². The van der Waals surface area contributed by atoms with Crippen LogP contribution in [-0.4, -0.2) is 49.7 Å². The Labute approximate surface area is 154 Å². The first-order valence-electron chi connectivity index (χ1n) is 8.65. The average Bonchev–Trinajstić information content (AvgIpc) is 2.58. The smallest absolute Gasteiger partial charge is 0.255 e. The Hall–Kier alpha value is -1.50. The van der Waals surface area contributed by atoms with E-state index in [9.17, 15) is 4.79 Å². The van der Waals surface area contributed by atoms with E-state index in [-0.39, 0.29) is 6.61 Å². The van der Waals surface area contributed by atoms with Gasteiger partial charge in [-0.3, -0.25) is 4.79 Å². The number of methoxy groups -OCH3 is 1. The molecule has 1 aromatic rings. The standard InChI is InChI=1S/C18H28ClN3O3/c1-12(2)22-6-4-14(5-7-22)21-10-13-8-15(19)18(16(9-13)24-3)25-11-17(20)23/h8-9,12,14,21H,4-7,10-11H2,1-3H3,(H2,20,23). The van der Waals surface area contributed by atoms with Gasteiger partial charge < -0.3 is 25.4 Å². The van der Waals surface area contributed by atoms with Gasteiger partial charge in [0.25, 0.3) is 5.91 Å². The van der Waals surface area contributed by atoms with Crippen LogP contribution < -0.4 is 20.5 Å². The monoisotopic (exact) mass is 369 g/mol. The molecule has 1 aliphatic rings. The molecule has 1 amide bonds. The second-order valence-electron chi connectivity index (χ2n) is 6.65. The van der Waals surface area contributed by atoms with Gasteiger partial charge in [-0.25, -0.2) is 0 Å². The molecule has 140 valence electrons. The summed E-state index contributed by atoms with van der Waals surface area (Å²) in [5.74, 6) is 0.286. The molecule has 1 saturated heterocycles. The second-order valence-corrected chi connectivity index (χ2v) is 7.06. The van der Waals surface area contributed by atoms with Crippen molar-refractivity contribution in [1.82, 2.24) is 10.2 Å². The number of nitrogens with one attached hydrogen (secondary N) is 1. The maximum absolute atomic E-state index is 10.9. The summed E-state index contributed by atoms with van der Waals surface area (Å²) in [6.07, 6.45) is 2.28. The van der Waals surface area contributed by atoms with Crippen LogP contribution in [-0.2, 0) is 11.3 Å². The van der Waals surface area contributed by atoms with Crippen LogP contribution in [0.5, 0.6) is 11.5 Å². The molecule has 0 spiro atoms. The number of nitrogens with two attached hydrogens (primary N) is 1. The summed E-state index contributed by atoms with van der Waals surface area (Å²) in [7, 11) is 1.54.